The van der Waals surface area contributed by atoms with E-state index in [-0.39, 0.29) is 17.3 Å². The topological polar surface area (TPSA) is 17.1 Å². The zero-order chi connectivity index (χ0) is 14.9. The van der Waals surface area contributed by atoms with Crippen molar-refractivity contribution >= 4 is 29.3 Å². The second kappa shape index (κ2) is 5.90. The standard InChI is InChI=1S/C18H18OS2/c1-18(2)15(11-13-3-7-20-8-4-13)17(19)16(18)12-14-5-9-21-10-6-14/h3-12,15-16H,1-2H3. The van der Waals surface area contributed by atoms with Crippen LogP contribution in [0.1, 0.15) is 13.8 Å². The highest BCUT2D eigenvalue weighted by Gasteiger charge is 2.53. The third-order valence-corrected chi connectivity index (χ3v) is 5.46. The Hall–Kier alpha value is -1.19. The first kappa shape index (κ1) is 14.7. The first-order valence-corrected chi connectivity index (χ1v) is 8.92. The third kappa shape index (κ3) is 2.90. The molecule has 0 aromatic heterocycles. The summed E-state index contributed by atoms with van der Waals surface area (Å²) in [5.74, 6) is 0.357. The zero-order valence-electron chi connectivity index (χ0n) is 12.2. The van der Waals surface area contributed by atoms with Crippen molar-refractivity contribution in [3.63, 3.8) is 0 Å². The molecule has 108 valence electrons. The molecule has 0 aromatic rings. The summed E-state index contributed by atoms with van der Waals surface area (Å²) < 4.78 is 0. The van der Waals surface area contributed by atoms with Gasteiger partial charge in [-0.3, -0.25) is 4.79 Å². The van der Waals surface area contributed by atoms with E-state index >= 15 is 0 Å². The van der Waals surface area contributed by atoms with E-state index in [4.69, 9.17) is 0 Å². The molecule has 3 heteroatoms. The van der Waals surface area contributed by atoms with Gasteiger partial charge in [-0.1, -0.05) is 26.0 Å². The molecule has 0 aromatic carbocycles. The van der Waals surface area contributed by atoms with Crippen molar-refractivity contribution in [2.45, 2.75) is 13.8 Å². The predicted octanol–water partition coefficient (Wildman–Crippen LogP) is 5.23. The molecule has 0 amide bonds. The van der Waals surface area contributed by atoms with E-state index in [2.05, 4.69) is 71.9 Å². The molecular weight excluding hydrogens is 296 g/mol. The van der Waals surface area contributed by atoms with Crippen LogP contribution in [-0.2, 0) is 4.79 Å². The number of carbonyl (C=O) groups excluding carboxylic acids is 1. The third-order valence-electron chi connectivity index (χ3n) is 4.29. The molecule has 3 rings (SSSR count). The average Bonchev–Trinajstić information content (AvgIpc) is 2.52. The van der Waals surface area contributed by atoms with Gasteiger partial charge in [-0.25, -0.2) is 0 Å². The van der Waals surface area contributed by atoms with Gasteiger partial charge in [-0.05, 0) is 62.5 Å². The number of hydrogen-bond donors (Lipinski definition) is 0. The van der Waals surface area contributed by atoms with E-state index in [1.54, 1.807) is 23.5 Å². The fraction of sp³-hybridized carbons (Fsp3) is 0.278. The van der Waals surface area contributed by atoms with E-state index in [1.165, 1.54) is 0 Å². The lowest BCUT2D eigenvalue weighted by Crippen LogP contribution is -2.52. The Balaban J connectivity index is 1.80. The van der Waals surface area contributed by atoms with Crippen LogP contribution < -0.4 is 0 Å². The van der Waals surface area contributed by atoms with Crippen LogP contribution in [0.3, 0.4) is 0 Å². The maximum Gasteiger partial charge on any atom is 0.147 e. The summed E-state index contributed by atoms with van der Waals surface area (Å²) in [5.41, 5.74) is 2.26. The van der Waals surface area contributed by atoms with E-state index in [0.717, 1.165) is 11.1 Å². The van der Waals surface area contributed by atoms with Gasteiger partial charge < -0.3 is 0 Å². The van der Waals surface area contributed by atoms with Gasteiger partial charge in [0.25, 0.3) is 0 Å². The highest BCUT2D eigenvalue weighted by atomic mass is 32.2. The predicted molar refractivity (Wildman–Crippen MR) is 93.7 cm³/mol. The Morgan fingerprint density at radius 2 is 1.24 bits per heavy atom. The number of carbonyl (C=O) groups is 1. The minimum absolute atomic E-state index is 0.0117. The molecule has 1 saturated carbocycles. The lowest BCUT2D eigenvalue weighted by Gasteiger charge is -2.48. The number of rotatable bonds is 2. The summed E-state index contributed by atoms with van der Waals surface area (Å²) in [4.78, 5) is 12.5. The van der Waals surface area contributed by atoms with Crippen LogP contribution in [0.5, 0.6) is 0 Å². The molecule has 2 unspecified atom stereocenters. The van der Waals surface area contributed by atoms with Crippen LogP contribution >= 0.6 is 23.5 Å². The van der Waals surface area contributed by atoms with Gasteiger partial charge in [0, 0.05) is 11.8 Å². The second-order valence-corrected chi connectivity index (χ2v) is 7.63. The first-order chi connectivity index (χ1) is 10.1. The fourth-order valence-electron chi connectivity index (χ4n) is 2.90. The van der Waals surface area contributed by atoms with E-state index in [9.17, 15) is 4.79 Å². The van der Waals surface area contributed by atoms with E-state index < -0.39 is 0 Å². The highest BCUT2D eigenvalue weighted by molar-refractivity contribution is 8.05. The SMILES string of the molecule is CC1(C)C(C=C2C=CSC=C2)C(=O)C1C=C1C=CSC=C1. The lowest BCUT2D eigenvalue weighted by molar-refractivity contribution is -0.143. The molecule has 0 spiro atoms. The molecule has 2 heterocycles. The average molecular weight is 314 g/mol. The molecule has 2 aliphatic heterocycles. The number of hydrogen-bond acceptors (Lipinski definition) is 3. The van der Waals surface area contributed by atoms with Crippen LogP contribution in [0.4, 0.5) is 0 Å². The molecule has 2 atom stereocenters. The zero-order valence-corrected chi connectivity index (χ0v) is 13.8. The van der Waals surface area contributed by atoms with Crippen LogP contribution in [0.25, 0.3) is 0 Å². The summed E-state index contributed by atoms with van der Waals surface area (Å²) in [7, 11) is 0. The van der Waals surface area contributed by atoms with Gasteiger partial charge in [-0.15, -0.1) is 23.5 Å². The molecule has 0 saturated heterocycles. The molecule has 1 fully saturated rings. The number of ketones is 1. The van der Waals surface area contributed by atoms with Crippen LogP contribution in [-0.4, -0.2) is 5.78 Å². The van der Waals surface area contributed by atoms with Crippen molar-refractivity contribution in [2.75, 3.05) is 0 Å². The minimum Gasteiger partial charge on any atom is -0.298 e. The molecule has 3 aliphatic rings. The molecule has 1 nitrogen and oxygen atoms in total. The number of allylic oxidation sites excluding steroid dienone is 8. The van der Waals surface area contributed by atoms with Gasteiger partial charge >= 0.3 is 0 Å². The van der Waals surface area contributed by atoms with Crippen molar-refractivity contribution in [1.29, 1.82) is 0 Å². The smallest absolute Gasteiger partial charge is 0.147 e. The molecule has 1 aliphatic carbocycles. The van der Waals surface area contributed by atoms with Gasteiger partial charge in [-0.2, -0.15) is 0 Å². The van der Waals surface area contributed by atoms with Gasteiger partial charge in [0.15, 0.2) is 0 Å². The molecule has 0 N–H and O–H groups in total. The largest absolute Gasteiger partial charge is 0.298 e. The van der Waals surface area contributed by atoms with Gasteiger partial charge in [0.2, 0.25) is 0 Å². The Bertz CT molecular complexity index is 550. The quantitative estimate of drug-likeness (QED) is 0.695. The summed E-state index contributed by atoms with van der Waals surface area (Å²) in [5, 5.41) is 8.21. The Kier molecular flexibility index (Phi) is 4.14. The molecule has 21 heavy (non-hydrogen) atoms. The van der Waals surface area contributed by atoms with Crippen molar-refractivity contribution in [3.05, 3.63) is 69.2 Å². The van der Waals surface area contributed by atoms with Crippen molar-refractivity contribution in [2.24, 2.45) is 17.3 Å². The van der Waals surface area contributed by atoms with E-state index in [1.807, 2.05) is 0 Å². The Morgan fingerprint density at radius 3 is 1.57 bits per heavy atom. The van der Waals surface area contributed by atoms with Crippen LogP contribution in [0.15, 0.2) is 69.2 Å². The molecular formula is C18H18OS2. The fourth-order valence-corrected chi connectivity index (χ4v) is 4.02. The van der Waals surface area contributed by atoms with Crippen LogP contribution in [0.2, 0.25) is 0 Å². The second-order valence-electron chi connectivity index (χ2n) is 6.00. The van der Waals surface area contributed by atoms with Crippen molar-refractivity contribution in [1.82, 2.24) is 0 Å². The lowest BCUT2D eigenvalue weighted by atomic mass is 9.53. The molecule has 0 radical (unpaired) electrons. The maximum absolute atomic E-state index is 12.5. The van der Waals surface area contributed by atoms with Crippen molar-refractivity contribution in [3.8, 4) is 0 Å². The van der Waals surface area contributed by atoms with E-state index in [0.29, 0.717) is 5.78 Å². The molecule has 0 bridgehead atoms. The highest BCUT2D eigenvalue weighted by Crippen LogP contribution is 2.51. The first-order valence-electron chi connectivity index (χ1n) is 7.03. The Morgan fingerprint density at radius 1 is 0.857 bits per heavy atom. The van der Waals surface area contributed by atoms with Gasteiger partial charge in [0.05, 0.1) is 0 Å². The Labute approximate surface area is 134 Å². The van der Waals surface area contributed by atoms with Crippen LogP contribution in [0, 0.1) is 17.3 Å². The monoisotopic (exact) mass is 314 g/mol. The number of Topliss-reactive ketones (excluding diaryl/α,β-unsaturated/α-hetero) is 1. The normalized spacial score (nSPS) is 29.5. The summed E-state index contributed by atoms with van der Waals surface area (Å²) >= 11 is 3.32. The number of thioether (sulfide) groups is 2. The summed E-state index contributed by atoms with van der Waals surface area (Å²) in [6.07, 6.45) is 12.5. The van der Waals surface area contributed by atoms with Gasteiger partial charge in [0.1, 0.15) is 5.78 Å². The maximum atomic E-state index is 12.5. The minimum atomic E-state index is -0.0182. The summed E-state index contributed by atoms with van der Waals surface area (Å²) in [6, 6.07) is 0. The van der Waals surface area contributed by atoms with Crippen molar-refractivity contribution < 1.29 is 4.79 Å². The summed E-state index contributed by atoms with van der Waals surface area (Å²) in [6.45, 7) is 4.38.